The van der Waals surface area contributed by atoms with E-state index in [0.29, 0.717) is 0 Å². The quantitative estimate of drug-likeness (QED) is 0.798. The van der Waals surface area contributed by atoms with E-state index >= 15 is 0 Å². The molecule has 24 heavy (non-hydrogen) atoms. The normalized spacial score (nSPS) is 12.8. The van der Waals surface area contributed by atoms with Crippen LogP contribution in [0.4, 0.5) is 13.2 Å². The zero-order valence-electron chi connectivity index (χ0n) is 12.5. The Morgan fingerprint density at radius 3 is 2.62 bits per heavy atom. The predicted molar refractivity (Wildman–Crippen MR) is 83.9 cm³/mol. The van der Waals surface area contributed by atoms with Crippen molar-refractivity contribution in [1.29, 1.82) is 0 Å². The van der Waals surface area contributed by atoms with Gasteiger partial charge in [0, 0.05) is 11.4 Å². The van der Waals surface area contributed by atoms with Gasteiger partial charge in [-0.15, -0.1) is 11.3 Å². The number of alkyl halides is 3. The van der Waals surface area contributed by atoms with E-state index in [1.165, 1.54) is 23.5 Å². The van der Waals surface area contributed by atoms with Crippen LogP contribution >= 0.6 is 11.3 Å². The van der Waals surface area contributed by atoms with E-state index < -0.39 is 29.3 Å². The molecule has 0 unspecified atom stereocenters. The molecule has 2 N–H and O–H groups in total. The summed E-state index contributed by atoms with van der Waals surface area (Å²) in [5.41, 5.74) is -1.41. The third-order valence-electron chi connectivity index (χ3n) is 3.20. The molecule has 1 atom stereocenters. The van der Waals surface area contributed by atoms with E-state index in [9.17, 15) is 18.0 Å². The first kappa shape index (κ1) is 18.4. The fourth-order valence-electron chi connectivity index (χ4n) is 2.12. The number of aliphatic hydroxyl groups excluding tert-OH is 1. The fourth-order valence-corrected chi connectivity index (χ4v) is 2.89. The number of carbonyl (C=O) groups excluding carboxylic acids is 1. The number of aliphatic hydroxyl groups is 1. The molecule has 1 aromatic heterocycles. The maximum absolute atomic E-state index is 13.0. The number of nitrogens with one attached hydrogen (secondary N) is 1. The summed E-state index contributed by atoms with van der Waals surface area (Å²) >= 11 is 1.40. The number of hydrogen-bond acceptors (Lipinski definition) is 4. The molecule has 0 fully saturated rings. The molecule has 0 bridgehead atoms. The van der Waals surface area contributed by atoms with E-state index in [-0.39, 0.29) is 19.8 Å². The Kier molecular flexibility index (Phi) is 6.36. The van der Waals surface area contributed by atoms with Gasteiger partial charge in [-0.2, -0.15) is 13.2 Å². The second kappa shape index (κ2) is 8.27. The van der Waals surface area contributed by atoms with Crippen LogP contribution in [0.25, 0.3) is 0 Å². The molecule has 0 aliphatic rings. The Morgan fingerprint density at radius 2 is 2.00 bits per heavy atom. The van der Waals surface area contributed by atoms with E-state index in [1.54, 1.807) is 12.1 Å². The summed E-state index contributed by atoms with van der Waals surface area (Å²) in [5, 5.41) is 13.2. The van der Waals surface area contributed by atoms with Gasteiger partial charge in [-0.25, -0.2) is 0 Å². The van der Waals surface area contributed by atoms with Gasteiger partial charge in [0.25, 0.3) is 5.91 Å². The maximum Gasteiger partial charge on any atom is 0.417 e. The summed E-state index contributed by atoms with van der Waals surface area (Å²) in [6.45, 7) is -0.115. The van der Waals surface area contributed by atoms with Crippen LogP contribution in [-0.2, 0) is 10.9 Å². The number of amides is 1. The molecule has 1 aromatic carbocycles. The number of ether oxygens (including phenoxy) is 1. The molecule has 130 valence electrons. The Bertz CT molecular complexity index is 659. The molecule has 0 saturated carbocycles. The van der Waals surface area contributed by atoms with Crippen molar-refractivity contribution in [2.24, 2.45) is 0 Å². The van der Waals surface area contributed by atoms with Crippen LogP contribution in [0.2, 0.25) is 0 Å². The minimum atomic E-state index is -4.60. The van der Waals surface area contributed by atoms with Crippen molar-refractivity contribution in [1.82, 2.24) is 5.32 Å². The van der Waals surface area contributed by atoms with E-state index in [2.05, 4.69) is 5.32 Å². The lowest BCUT2D eigenvalue weighted by atomic mass is 10.1. The molecule has 8 heteroatoms. The standard InChI is InChI=1S/C16H16F3NO3S/c17-16(18,19)12-5-2-1-4-11(12)15(22)20-10-13(23-8-7-21)14-6-3-9-24-14/h1-6,9,13,21H,7-8,10H2,(H,20,22)/t13-/m0/s1. The number of halogens is 3. The largest absolute Gasteiger partial charge is 0.417 e. The summed E-state index contributed by atoms with van der Waals surface area (Å²) in [6.07, 6.45) is -5.13. The lowest BCUT2D eigenvalue weighted by Crippen LogP contribution is -2.31. The van der Waals surface area contributed by atoms with E-state index in [0.717, 1.165) is 17.0 Å². The lowest BCUT2D eigenvalue weighted by molar-refractivity contribution is -0.137. The summed E-state index contributed by atoms with van der Waals surface area (Å²) < 4.78 is 44.3. The molecule has 0 radical (unpaired) electrons. The van der Waals surface area contributed by atoms with E-state index in [1.807, 2.05) is 5.38 Å². The molecule has 4 nitrogen and oxygen atoms in total. The van der Waals surface area contributed by atoms with Crippen LogP contribution in [0, 0.1) is 0 Å². The topological polar surface area (TPSA) is 58.6 Å². The highest BCUT2D eigenvalue weighted by molar-refractivity contribution is 7.10. The second-order valence-electron chi connectivity index (χ2n) is 4.85. The number of carbonyl (C=O) groups is 1. The summed E-state index contributed by atoms with van der Waals surface area (Å²) in [6, 6.07) is 8.21. The van der Waals surface area contributed by atoms with Gasteiger partial charge in [-0.1, -0.05) is 18.2 Å². The van der Waals surface area contributed by atoms with Crippen LogP contribution in [0.15, 0.2) is 41.8 Å². The van der Waals surface area contributed by atoms with Crippen molar-refractivity contribution >= 4 is 17.2 Å². The second-order valence-corrected chi connectivity index (χ2v) is 5.83. The smallest absolute Gasteiger partial charge is 0.394 e. The van der Waals surface area contributed by atoms with Gasteiger partial charge in [-0.05, 0) is 23.6 Å². The number of benzene rings is 1. The summed E-state index contributed by atoms with van der Waals surface area (Å²) in [5.74, 6) is -0.822. The SMILES string of the molecule is O=C(NC[C@H](OCCO)c1cccs1)c1ccccc1C(F)(F)F. The number of hydrogen-bond donors (Lipinski definition) is 2. The molecular weight excluding hydrogens is 343 g/mol. The molecule has 0 spiro atoms. The molecule has 1 amide bonds. The van der Waals surface area contributed by atoms with E-state index in [4.69, 9.17) is 9.84 Å². The van der Waals surface area contributed by atoms with Crippen LogP contribution < -0.4 is 5.32 Å². The lowest BCUT2D eigenvalue weighted by Gasteiger charge is -2.18. The van der Waals surface area contributed by atoms with Crippen LogP contribution in [0.1, 0.15) is 26.9 Å². The minimum absolute atomic E-state index is 0.00549. The summed E-state index contributed by atoms with van der Waals surface area (Å²) in [4.78, 5) is 13.0. The monoisotopic (exact) mass is 359 g/mol. The van der Waals surface area contributed by atoms with Crippen LogP contribution in [0.3, 0.4) is 0 Å². The first-order chi connectivity index (χ1) is 11.4. The molecular formula is C16H16F3NO3S. The first-order valence-electron chi connectivity index (χ1n) is 7.13. The van der Waals surface area contributed by atoms with Gasteiger partial charge in [0.05, 0.1) is 24.3 Å². The van der Waals surface area contributed by atoms with Gasteiger partial charge in [0.15, 0.2) is 0 Å². The fraction of sp³-hybridized carbons (Fsp3) is 0.312. The highest BCUT2D eigenvalue weighted by atomic mass is 32.1. The third kappa shape index (κ3) is 4.80. The zero-order valence-corrected chi connectivity index (χ0v) is 13.4. The first-order valence-corrected chi connectivity index (χ1v) is 8.01. The average molecular weight is 359 g/mol. The van der Waals surface area contributed by atoms with Gasteiger partial charge in [-0.3, -0.25) is 4.79 Å². The van der Waals surface area contributed by atoms with Crippen molar-refractivity contribution in [3.8, 4) is 0 Å². The Labute approximate surface area is 140 Å². The van der Waals surface area contributed by atoms with Crippen molar-refractivity contribution in [3.63, 3.8) is 0 Å². The molecule has 0 aliphatic carbocycles. The minimum Gasteiger partial charge on any atom is -0.394 e. The van der Waals surface area contributed by atoms with Gasteiger partial charge in [0.2, 0.25) is 0 Å². The van der Waals surface area contributed by atoms with Crippen molar-refractivity contribution in [3.05, 3.63) is 57.8 Å². The van der Waals surface area contributed by atoms with Gasteiger partial charge >= 0.3 is 6.18 Å². The average Bonchev–Trinajstić information content (AvgIpc) is 3.08. The van der Waals surface area contributed by atoms with Crippen LogP contribution in [-0.4, -0.2) is 30.8 Å². The maximum atomic E-state index is 13.0. The van der Waals surface area contributed by atoms with Gasteiger partial charge in [0.1, 0.15) is 6.10 Å². The van der Waals surface area contributed by atoms with Crippen LogP contribution in [0.5, 0.6) is 0 Å². The predicted octanol–water partition coefficient (Wildman–Crippen LogP) is 3.25. The third-order valence-corrected chi connectivity index (χ3v) is 4.16. The highest BCUT2D eigenvalue weighted by Crippen LogP contribution is 2.32. The molecule has 1 heterocycles. The zero-order chi connectivity index (χ0) is 17.6. The summed E-state index contributed by atoms with van der Waals surface area (Å²) in [7, 11) is 0. The highest BCUT2D eigenvalue weighted by Gasteiger charge is 2.34. The van der Waals surface area contributed by atoms with Gasteiger partial charge < -0.3 is 15.2 Å². The van der Waals surface area contributed by atoms with Crippen molar-refractivity contribution in [2.75, 3.05) is 19.8 Å². The van der Waals surface area contributed by atoms with Crippen molar-refractivity contribution in [2.45, 2.75) is 12.3 Å². The molecule has 0 saturated heterocycles. The number of thiophene rings is 1. The van der Waals surface area contributed by atoms with Crippen molar-refractivity contribution < 1.29 is 27.8 Å². The Balaban J connectivity index is 2.09. The Morgan fingerprint density at radius 1 is 1.25 bits per heavy atom. The molecule has 2 rings (SSSR count). The molecule has 2 aromatic rings. The Hall–Kier alpha value is -1.90. The number of rotatable bonds is 7. The molecule has 0 aliphatic heterocycles.